The van der Waals surface area contributed by atoms with Crippen molar-refractivity contribution in [2.24, 2.45) is 5.73 Å². The van der Waals surface area contributed by atoms with Crippen LogP contribution >= 0.6 is 11.6 Å². The van der Waals surface area contributed by atoms with E-state index in [1.54, 1.807) is 30.5 Å². The molecule has 3 aromatic rings. The SMILES string of the molecule is N=C(N)c1c[nH]c2ccc(CCNC(=O)c3ccc(Cl)cc3)cc12. The topological polar surface area (TPSA) is 94.8 Å². The molecule has 0 unspecified atom stereocenters. The third-order valence-electron chi connectivity index (χ3n) is 3.84. The van der Waals surface area contributed by atoms with E-state index >= 15 is 0 Å². The predicted molar refractivity (Wildman–Crippen MR) is 96.8 cm³/mol. The Hall–Kier alpha value is -2.79. The van der Waals surface area contributed by atoms with Crippen molar-refractivity contribution in [3.63, 3.8) is 0 Å². The average molecular weight is 341 g/mol. The van der Waals surface area contributed by atoms with Gasteiger partial charge in [0.1, 0.15) is 5.84 Å². The molecule has 1 aromatic heterocycles. The molecule has 5 nitrogen and oxygen atoms in total. The van der Waals surface area contributed by atoms with Crippen LogP contribution in [0.4, 0.5) is 0 Å². The molecule has 0 radical (unpaired) electrons. The number of halogens is 1. The summed E-state index contributed by atoms with van der Waals surface area (Å²) in [6.07, 6.45) is 2.43. The fourth-order valence-electron chi connectivity index (χ4n) is 2.57. The summed E-state index contributed by atoms with van der Waals surface area (Å²) < 4.78 is 0. The minimum atomic E-state index is -0.126. The number of hydrogen-bond donors (Lipinski definition) is 4. The van der Waals surface area contributed by atoms with Crippen molar-refractivity contribution < 1.29 is 4.79 Å². The van der Waals surface area contributed by atoms with E-state index in [0.29, 0.717) is 29.1 Å². The van der Waals surface area contributed by atoms with Gasteiger partial charge in [-0.3, -0.25) is 10.2 Å². The maximum atomic E-state index is 12.1. The van der Waals surface area contributed by atoms with Crippen molar-refractivity contribution in [3.05, 3.63) is 70.4 Å². The average Bonchev–Trinajstić information content (AvgIpc) is 2.99. The first-order chi connectivity index (χ1) is 11.5. The van der Waals surface area contributed by atoms with Crippen LogP contribution in [-0.4, -0.2) is 23.3 Å². The van der Waals surface area contributed by atoms with Gasteiger partial charge in [0.25, 0.3) is 5.91 Å². The third-order valence-corrected chi connectivity index (χ3v) is 4.09. The minimum Gasteiger partial charge on any atom is -0.384 e. The molecule has 1 heterocycles. The first kappa shape index (κ1) is 16.1. The number of nitrogen functional groups attached to an aromatic ring is 1. The monoisotopic (exact) mass is 340 g/mol. The summed E-state index contributed by atoms with van der Waals surface area (Å²) in [5.41, 5.74) is 8.87. The Morgan fingerprint density at radius 3 is 2.67 bits per heavy atom. The molecule has 3 rings (SSSR count). The third kappa shape index (κ3) is 3.41. The van der Waals surface area contributed by atoms with Crippen molar-refractivity contribution >= 4 is 34.2 Å². The van der Waals surface area contributed by atoms with Gasteiger partial charge in [0.15, 0.2) is 0 Å². The molecule has 6 heteroatoms. The Labute approximate surface area is 144 Å². The maximum absolute atomic E-state index is 12.1. The molecule has 0 aliphatic heterocycles. The highest BCUT2D eigenvalue weighted by Crippen LogP contribution is 2.19. The van der Waals surface area contributed by atoms with Gasteiger partial charge in [-0.05, 0) is 48.4 Å². The van der Waals surface area contributed by atoms with Crippen LogP contribution in [0.3, 0.4) is 0 Å². The molecule has 2 aromatic carbocycles. The van der Waals surface area contributed by atoms with Gasteiger partial charge in [-0.1, -0.05) is 17.7 Å². The molecule has 0 fully saturated rings. The van der Waals surface area contributed by atoms with E-state index in [4.69, 9.17) is 22.7 Å². The van der Waals surface area contributed by atoms with E-state index in [1.807, 2.05) is 18.2 Å². The van der Waals surface area contributed by atoms with Gasteiger partial charge in [0, 0.05) is 39.8 Å². The lowest BCUT2D eigenvalue weighted by molar-refractivity contribution is 0.0954. The Morgan fingerprint density at radius 1 is 1.21 bits per heavy atom. The molecule has 0 saturated carbocycles. The van der Waals surface area contributed by atoms with Gasteiger partial charge < -0.3 is 16.0 Å². The Bertz CT molecular complexity index is 899. The fraction of sp³-hybridized carbons (Fsp3) is 0.111. The normalized spacial score (nSPS) is 10.7. The molecule has 0 aliphatic carbocycles. The number of nitrogens with one attached hydrogen (secondary N) is 3. The van der Waals surface area contributed by atoms with Crippen LogP contribution in [0.1, 0.15) is 21.5 Å². The summed E-state index contributed by atoms with van der Waals surface area (Å²) in [6.45, 7) is 0.521. The summed E-state index contributed by atoms with van der Waals surface area (Å²) in [4.78, 5) is 15.2. The fourth-order valence-corrected chi connectivity index (χ4v) is 2.70. The Morgan fingerprint density at radius 2 is 1.96 bits per heavy atom. The van der Waals surface area contributed by atoms with Crippen LogP contribution < -0.4 is 11.1 Å². The molecule has 0 spiro atoms. The maximum Gasteiger partial charge on any atom is 0.251 e. The van der Waals surface area contributed by atoms with Crippen molar-refractivity contribution in [3.8, 4) is 0 Å². The number of H-pyrrole nitrogens is 1. The highest BCUT2D eigenvalue weighted by atomic mass is 35.5. The number of hydrogen-bond acceptors (Lipinski definition) is 2. The molecular weight excluding hydrogens is 324 g/mol. The lowest BCUT2D eigenvalue weighted by atomic mass is 10.1. The molecule has 122 valence electrons. The molecule has 24 heavy (non-hydrogen) atoms. The summed E-state index contributed by atoms with van der Waals surface area (Å²) in [7, 11) is 0. The van der Waals surface area contributed by atoms with Gasteiger partial charge >= 0.3 is 0 Å². The largest absolute Gasteiger partial charge is 0.384 e. The number of aromatic amines is 1. The number of aromatic nitrogens is 1. The van der Waals surface area contributed by atoms with E-state index in [9.17, 15) is 4.79 Å². The number of nitrogens with two attached hydrogens (primary N) is 1. The second kappa shape index (κ2) is 6.76. The van der Waals surface area contributed by atoms with E-state index in [-0.39, 0.29) is 11.7 Å². The smallest absolute Gasteiger partial charge is 0.251 e. The number of amides is 1. The second-order valence-corrected chi connectivity index (χ2v) is 5.95. The van der Waals surface area contributed by atoms with E-state index in [0.717, 1.165) is 16.5 Å². The van der Waals surface area contributed by atoms with Crippen molar-refractivity contribution in [2.75, 3.05) is 6.54 Å². The van der Waals surface area contributed by atoms with E-state index < -0.39 is 0 Å². The predicted octanol–water partition coefficient (Wildman–Crippen LogP) is 3.08. The molecule has 0 atom stereocenters. The molecule has 0 saturated heterocycles. The van der Waals surface area contributed by atoms with Crippen LogP contribution in [0.25, 0.3) is 10.9 Å². The van der Waals surface area contributed by atoms with Crippen LogP contribution in [-0.2, 0) is 6.42 Å². The first-order valence-corrected chi connectivity index (χ1v) is 7.90. The Balaban J connectivity index is 1.65. The van der Waals surface area contributed by atoms with Crippen LogP contribution in [0, 0.1) is 5.41 Å². The van der Waals surface area contributed by atoms with Crippen LogP contribution in [0.15, 0.2) is 48.7 Å². The molecular formula is C18H17ClN4O. The number of fused-ring (bicyclic) bond motifs is 1. The van der Waals surface area contributed by atoms with Crippen molar-refractivity contribution in [2.45, 2.75) is 6.42 Å². The highest BCUT2D eigenvalue weighted by Gasteiger charge is 2.08. The molecule has 0 bridgehead atoms. The van der Waals surface area contributed by atoms with Gasteiger partial charge in [0.05, 0.1) is 0 Å². The van der Waals surface area contributed by atoms with Crippen molar-refractivity contribution in [1.29, 1.82) is 5.41 Å². The highest BCUT2D eigenvalue weighted by molar-refractivity contribution is 6.30. The zero-order valence-electron chi connectivity index (χ0n) is 12.9. The summed E-state index contributed by atoms with van der Waals surface area (Å²) in [5, 5.41) is 12.0. The zero-order valence-corrected chi connectivity index (χ0v) is 13.7. The number of carbonyl (C=O) groups excluding carboxylic acids is 1. The summed E-state index contributed by atoms with van der Waals surface area (Å²) in [5.74, 6) is -0.0896. The van der Waals surface area contributed by atoms with Gasteiger partial charge in [-0.15, -0.1) is 0 Å². The quantitative estimate of drug-likeness (QED) is 0.424. The van der Waals surface area contributed by atoms with Crippen molar-refractivity contribution in [1.82, 2.24) is 10.3 Å². The summed E-state index contributed by atoms with van der Waals surface area (Å²) >= 11 is 5.82. The zero-order chi connectivity index (χ0) is 17.1. The number of amidine groups is 1. The van der Waals surface area contributed by atoms with Crippen LogP contribution in [0.5, 0.6) is 0 Å². The molecule has 1 amide bonds. The molecule has 0 aliphatic rings. The Kier molecular flexibility index (Phi) is 4.53. The lowest BCUT2D eigenvalue weighted by Crippen LogP contribution is -2.25. The number of carbonyl (C=O) groups is 1. The first-order valence-electron chi connectivity index (χ1n) is 7.53. The standard InChI is InChI=1S/C18H17ClN4O/c19-13-4-2-12(3-5-13)18(24)22-8-7-11-1-6-16-14(9-11)15(10-23-16)17(20)21/h1-6,9-10,23H,7-8H2,(H3,20,21)(H,22,24). The van der Waals surface area contributed by atoms with Gasteiger partial charge in [-0.25, -0.2) is 0 Å². The van der Waals surface area contributed by atoms with Gasteiger partial charge in [0.2, 0.25) is 0 Å². The van der Waals surface area contributed by atoms with E-state index in [1.165, 1.54) is 0 Å². The van der Waals surface area contributed by atoms with Gasteiger partial charge in [-0.2, -0.15) is 0 Å². The van der Waals surface area contributed by atoms with E-state index in [2.05, 4.69) is 10.3 Å². The van der Waals surface area contributed by atoms with Crippen LogP contribution in [0.2, 0.25) is 5.02 Å². The summed E-state index contributed by atoms with van der Waals surface area (Å²) in [6, 6.07) is 12.7. The lowest BCUT2D eigenvalue weighted by Gasteiger charge is -2.06. The second-order valence-electron chi connectivity index (χ2n) is 5.51. The molecule has 5 N–H and O–H groups in total. The number of rotatable bonds is 5. The minimum absolute atomic E-state index is 0.0365. The number of benzene rings is 2.